The van der Waals surface area contributed by atoms with E-state index in [2.05, 4.69) is 6.58 Å². The predicted octanol–water partition coefficient (Wildman–Crippen LogP) is 3.52. The summed E-state index contributed by atoms with van der Waals surface area (Å²) < 4.78 is 18.0. The summed E-state index contributed by atoms with van der Waals surface area (Å²) in [6.45, 7) is 3.58. The summed E-state index contributed by atoms with van der Waals surface area (Å²) in [7, 11) is 1.56. The van der Waals surface area contributed by atoms with Crippen molar-refractivity contribution >= 4 is 11.6 Å². The van der Waals surface area contributed by atoms with Gasteiger partial charge in [0.15, 0.2) is 0 Å². The molecule has 0 aliphatic rings. The van der Waals surface area contributed by atoms with E-state index in [0.717, 1.165) is 5.56 Å². The van der Waals surface area contributed by atoms with E-state index >= 15 is 0 Å². The maximum atomic E-state index is 12.9. The van der Waals surface area contributed by atoms with Crippen LogP contribution in [-0.4, -0.2) is 7.11 Å². The molecule has 0 aromatic heterocycles. The van der Waals surface area contributed by atoms with Crippen LogP contribution in [0.4, 0.5) is 4.39 Å². The molecule has 0 bridgehead atoms. The van der Waals surface area contributed by atoms with Gasteiger partial charge in [0.2, 0.25) is 0 Å². The van der Waals surface area contributed by atoms with Crippen molar-refractivity contribution in [1.29, 1.82) is 0 Å². The fourth-order valence-corrected chi connectivity index (χ4v) is 1.31. The third-order valence-electron chi connectivity index (χ3n) is 1.91. The Morgan fingerprint density at radius 1 is 1.57 bits per heavy atom. The van der Waals surface area contributed by atoms with Gasteiger partial charge in [-0.2, -0.15) is 0 Å². The number of rotatable bonds is 4. The number of hydrogen-bond donors (Lipinski definition) is 0. The Hall–Kier alpha value is -1.02. The second-order valence-electron chi connectivity index (χ2n) is 2.97. The van der Waals surface area contributed by atoms with Crippen molar-refractivity contribution in [2.75, 3.05) is 7.11 Å². The molecule has 0 N–H and O–H groups in total. The van der Waals surface area contributed by atoms with E-state index < -0.39 is 0 Å². The molecule has 0 atom stereocenters. The average molecular weight is 215 g/mol. The van der Waals surface area contributed by atoms with Crippen LogP contribution < -0.4 is 4.74 Å². The molecule has 0 aliphatic heterocycles. The average Bonchev–Trinajstić information content (AvgIpc) is 2.15. The first-order chi connectivity index (χ1) is 6.63. The molecule has 1 aromatic rings. The molecule has 14 heavy (non-hydrogen) atoms. The summed E-state index contributed by atoms with van der Waals surface area (Å²) in [5.74, 6) is 0.422. The lowest BCUT2D eigenvalue weighted by Gasteiger charge is -2.07. The molecule has 0 spiro atoms. The molecule has 0 aliphatic carbocycles. The summed E-state index contributed by atoms with van der Waals surface area (Å²) in [6.07, 6.45) is 1.27. The maximum Gasteiger partial charge on any atom is 0.123 e. The van der Waals surface area contributed by atoms with Crippen molar-refractivity contribution in [1.82, 2.24) is 0 Å². The number of hydrogen-bond acceptors (Lipinski definition) is 1. The third kappa shape index (κ3) is 3.04. The highest BCUT2D eigenvalue weighted by molar-refractivity contribution is 6.29. The first-order valence-electron chi connectivity index (χ1n) is 4.29. The number of allylic oxidation sites excluding steroid dienone is 1. The van der Waals surface area contributed by atoms with Gasteiger partial charge in [-0.3, -0.25) is 0 Å². The molecule has 0 radical (unpaired) electrons. The van der Waals surface area contributed by atoms with Gasteiger partial charge in [0.05, 0.1) is 7.11 Å². The van der Waals surface area contributed by atoms with Gasteiger partial charge in [0, 0.05) is 5.03 Å². The van der Waals surface area contributed by atoms with Crippen molar-refractivity contribution in [3.05, 3.63) is 41.2 Å². The Balaban J connectivity index is 2.82. The zero-order chi connectivity index (χ0) is 10.6. The topological polar surface area (TPSA) is 9.23 Å². The van der Waals surface area contributed by atoms with Gasteiger partial charge in [0.1, 0.15) is 11.6 Å². The molecule has 1 rings (SSSR count). The van der Waals surface area contributed by atoms with Crippen LogP contribution in [-0.2, 0) is 6.42 Å². The van der Waals surface area contributed by atoms with Crippen LogP contribution in [0.25, 0.3) is 0 Å². The fraction of sp³-hybridized carbons (Fsp3) is 0.273. The quantitative estimate of drug-likeness (QED) is 0.745. The van der Waals surface area contributed by atoms with Crippen LogP contribution in [0.5, 0.6) is 5.75 Å². The lowest BCUT2D eigenvalue weighted by molar-refractivity contribution is 0.408. The van der Waals surface area contributed by atoms with Crippen molar-refractivity contribution < 1.29 is 9.13 Å². The molecule has 3 heteroatoms. The second kappa shape index (κ2) is 5.01. The molecule has 0 saturated heterocycles. The number of aryl methyl sites for hydroxylation is 1. The molecular weight excluding hydrogens is 203 g/mol. The van der Waals surface area contributed by atoms with Crippen molar-refractivity contribution in [2.45, 2.75) is 12.8 Å². The van der Waals surface area contributed by atoms with Crippen molar-refractivity contribution in [3.8, 4) is 5.75 Å². The van der Waals surface area contributed by atoms with E-state index in [-0.39, 0.29) is 5.82 Å². The van der Waals surface area contributed by atoms with E-state index in [4.69, 9.17) is 16.3 Å². The molecule has 0 heterocycles. The van der Waals surface area contributed by atoms with E-state index in [1.54, 1.807) is 13.2 Å². The highest BCUT2D eigenvalue weighted by Crippen LogP contribution is 2.22. The Morgan fingerprint density at radius 3 is 2.86 bits per heavy atom. The minimum Gasteiger partial charge on any atom is -0.496 e. The number of methoxy groups -OCH3 is 1. The number of ether oxygens (including phenoxy) is 1. The van der Waals surface area contributed by atoms with Gasteiger partial charge >= 0.3 is 0 Å². The summed E-state index contributed by atoms with van der Waals surface area (Å²) in [5, 5.41) is 0.566. The molecule has 1 nitrogen and oxygen atoms in total. The van der Waals surface area contributed by atoms with Crippen LogP contribution >= 0.6 is 11.6 Å². The maximum absolute atomic E-state index is 12.9. The van der Waals surface area contributed by atoms with Gasteiger partial charge in [0.25, 0.3) is 0 Å². The first-order valence-corrected chi connectivity index (χ1v) is 4.67. The highest BCUT2D eigenvalue weighted by atomic mass is 35.5. The standard InChI is InChI=1S/C11H12ClFO/c1-8(12)3-4-9-7-10(13)5-6-11(9)14-2/h5-7H,1,3-4H2,2H3. The molecule has 0 unspecified atom stereocenters. The normalized spacial score (nSPS) is 9.93. The first kappa shape index (κ1) is 11.1. The highest BCUT2D eigenvalue weighted by Gasteiger charge is 2.04. The lowest BCUT2D eigenvalue weighted by Crippen LogP contribution is -1.93. The molecule has 1 aromatic carbocycles. The van der Waals surface area contributed by atoms with Crippen LogP contribution in [0.2, 0.25) is 0 Å². The largest absolute Gasteiger partial charge is 0.496 e. The molecule has 76 valence electrons. The smallest absolute Gasteiger partial charge is 0.123 e. The van der Waals surface area contributed by atoms with Crippen LogP contribution in [0, 0.1) is 5.82 Å². The van der Waals surface area contributed by atoms with Gasteiger partial charge in [-0.15, -0.1) is 0 Å². The Labute approximate surface area is 88.1 Å². The van der Waals surface area contributed by atoms with Gasteiger partial charge in [-0.05, 0) is 36.6 Å². The third-order valence-corrected chi connectivity index (χ3v) is 2.10. The number of halogens is 2. The summed E-state index contributed by atoms with van der Waals surface area (Å²) in [4.78, 5) is 0. The van der Waals surface area contributed by atoms with Crippen LogP contribution in [0.3, 0.4) is 0 Å². The zero-order valence-corrected chi connectivity index (χ0v) is 8.77. The second-order valence-corrected chi connectivity index (χ2v) is 3.51. The van der Waals surface area contributed by atoms with Gasteiger partial charge in [-0.25, -0.2) is 4.39 Å². The molecule has 0 saturated carbocycles. The minimum atomic E-state index is -0.263. The molecular formula is C11H12ClFO. The van der Waals surface area contributed by atoms with Crippen molar-refractivity contribution in [2.24, 2.45) is 0 Å². The van der Waals surface area contributed by atoms with Crippen molar-refractivity contribution in [3.63, 3.8) is 0 Å². The minimum absolute atomic E-state index is 0.263. The SMILES string of the molecule is C=C(Cl)CCc1cc(F)ccc1OC. The van der Waals surface area contributed by atoms with Gasteiger partial charge in [-0.1, -0.05) is 18.2 Å². The summed E-state index contributed by atoms with van der Waals surface area (Å²) in [6, 6.07) is 4.44. The predicted molar refractivity (Wildman–Crippen MR) is 56.3 cm³/mol. The Bertz CT molecular complexity index is 336. The van der Waals surface area contributed by atoms with E-state index in [1.165, 1.54) is 12.1 Å². The monoisotopic (exact) mass is 214 g/mol. The summed E-state index contributed by atoms with van der Waals surface area (Å²) in [5.41, 5.74) is 0.814. The molecule has 0 amide bonds. The lowest BCUT2D eigenvalue weighted by atomic mass is 10.1. The van der Waals surface area contributed by atoms with E-state index in [1.807, 2.05) is 0 Å². The fourth-order valence-electron chi connectivity index (χ4n) is 1.21. The van der Waals surface area contributed by atoms with Crippen LogP contribution in [0.1, 0.15) is 12.0 Å². The Kier molecular flexibility index (Phi) is 3.96. The molecule has 0 fully saturated rings. The van der Waals surface area contributed by atoms with E-state index in [9.17, 15) is 4.39 Å². The number of benzene rings is 1. The van der Waals surface area contributed by atoms with E-state index in [0.29, 0.717) is 23.6 Å². The Morgan fingerprint density at radius 2 is 2.29 bits per heavy atom. The zero-order valence-electron chi connectivity index (χ0n) is 8.02. The van der Waals surface area contributed by atoms with Crippen LogP contribution in [0.15, 0.2) is 29.8 Å². The van der Waals surface area contributed by atoms with Gasteiger partial charge < -0.3 is 4.74 Å². The summed E-state index contributed by atoms with van der Waals surface area (Å²) >= 11 is 5.63.